The number of halogens is 4. The summed E-state index contributed by atoms with van der Waals surface area (Å²) >= 11 is 0. The molecule has 1 aromatic heterocycles. The molecule has 1 aliphatic heterocycles. The Morgan fingerprint density at radius 3 is 2.45 bits per heavy atom. The van der Waals surface area contributed by atoms with E-state index in [-0.39, 0.29) is 11.4 Å². The number of carboxylic acid groups (broad SMARTS) is 1. The Kier molecular flexibility index (Phi) is 6.09. The van der Waals surface area contributed by atoms with E-state index in [4.69, 9.17) is 19.7 Å². The van der Waals surface area contributed by atoms with Gasteiger partial charge >= 0.3 is 12.1 Å². The molecule has 0 unspecified atom stereocenters. The Morgan fingerprint density at radius 1 is 1.09 bits per heavy atom. The number of oxime groups is 1. The van der Waals surface area contributed by atoms with Crippen LogP contribution in [0.3, 0.4) is 0 Å². The first-order chi connectivity index (χ1) is 15.7. The lowest BCUT2D eigenvalue weighted by molar-refractivity contribution is -0.192. The summed E-state index contributed by atoms with van der Waals surface area (Å²) in [5.41, 5.74) is 3.91. The van der Waals surface area contributed by atoms with E-state index in [1.54, 1.807) is 12.1 Å². The number of hydrogen-bond donors (Lipinski definition) is 2. The fourth-order valence-electron chi connectivity index (χ4n) is 4.12. The van der Waals surface area contributed by atoms with Crippen molar-refractivity contribution in [2.75, 3.05) is 0 Å². The molecule has 2 aromatic carbocycles. The fourth-order valence-corrected chi connectivity index (χ4v) is 4.12. The largest absolute Gasteiger partial charge is 0.490 e. The quantitative estimate of drug-likeness (QED) is 0.468. The van der Waals surface area contributed by atoms with Crippen LogP contribution in [-0.4, -0.2) is 38.5 Å². The summed E-state index contributed by atoms with van der Waals surface area (Å²) in [6.07, 6.45) is 1.55. The predicted molar refractivity (Wildman–Crippen MR) is 113 cm³/mol. The predicted octanol–water partition coefficient (Wildman–Crippen LogP) is 5.83. The Balaban J connectivity index is 0.000000325. The lowest BCUT2D eigenvalue weighted by Gasteiger charge is -2.30. The molecule has 0 bridgehead atoms. The van der Waals surface area contributed by atoms with Crippen LogP contribution in [0.1, 0.15) is 44.3 Å². The summed E-state index contributed by atoms with van der Waals surface area (Å²) < 4.78 is 45.8. The van der Waals surface area contributed by atoms with Crippen molar-refractivity contribution >= 4 is 22.7 Å². The second kappa shape index (κ2) is 8.84. The van der Waals surface area contributed by atoms with Crippen LogP contribution in [-0.2, 0) is 9.63 Å². The third-order valence-electron chi connectivity index (χ3n) is 5.79. The fraction of sp³-hybridized carbons (Fsp3) is 0.348. The minimum Gasteiger partial charge on any atom is -0.475 e. The molecular weight excluding hydrogens is 442 g/mol. The van der Waals surface area contributed by atoms with Crippen LogP contribution in [0.15, 0.2) is 47.6 Å². The molecular formula is C23H21F4N3O3. The first-order valence-electron chi connectivity index (χ1n) is 10.5. The normalized spacial score (nSPS) is 17.3. The Hall–Kier alpha value is -3.43. The molecule has 1 spiro atoms. The second-order valence-corrected chi connectivity index (χ2v) is 8.15. The zero-order valence-corrected chi connectivity index (χ0v) is 17.5. The molecule has 1 aliphatic carbocycles. The molecule has 1 saturated carbocycles. The zero-order chi connectivity index (χ0) is 23.6. The van der Waals surface area contributed by atoms with E-state index in [9.17, 15) is 17.6 Å². The van der Waals surface area contributed by atoms with Gasteiger partial charge in [0.15, 0.2) is 5.82 Å². The molecule has 0 amide bonds. The number of hydrogen-bond acceptors (Lipinski definition) is 4. The van der Waals surface area contributed by atoms with Crippen molar-refractivity contribution < 1.29 is 32.3 Å². The molecule has 10 heteroatoms. The highest BCUT2D eigenvalue weighted by molar-refractivity contribution is 6.01. The third kappa shape index (κ3) is 4.99. The number of aliphatic carboxylic acids is 1. The number of fused-ring (bicyclic) bond motifs is 1. The SMILES string of the molecule is Fc1ccccc1-c1ccc2[nH]c(C3=NOC4(CCCCC4)C3)nc2c1.O=C(O)C(F)(F)F. The number of imidazole rings is 1. The van der Waals surface area contributed by atoms with E-state index >= 15 is 0 Å². The van der Waals surface area contributed by atoms with Gasteiger partial charge in [-0.3, -0.25) is 0 Å². The number of carboxylic acids is 1. The number of benzene rings is 2. The van der Waals surface area contributed by atoms with E-state index in [1.807, 2.05) is 24.3 Å². The van der Waals surface area contributed by atoms with E-state index in [2.05, 4.69) is 10.1 Å². The van der Waals surface area contributed by atoms with Gasteiger partial charge in [-0.2, -0.15) is 13.2 Å². The van der Waals surface area contributed by atoms with Crippen LogP contribution in [0, 0.1) is 5.82 Å². The molecule has 5 rings (SSSR count). The molecule has 3 aromatic rings. The van der Waals surface area contributed by atoms with Gasteiger partial charge < -0.3 is 14.9 Å². The van der Waals surface area contributed by atoms with Gasteiger partial charge in [0.05, 0.1) is 11.0 Å². The molecule has 2 aliphatic rings. The van der Waals surface area contributed by atoms with Crippen molar-refractivity contribution in [2.45, 2.75) is 50.3 Å². The highest BCUT2D eigenvalue weighted by Gasteiger charge is 2.41. The van der Waals surface area contributed by atoms with Crippen molar-refractivity contribution in [2.24, 2.45) is 5.16 Å². The Bertz CT molecular complexity index is 1200. The van der Waals surface area contributed by atoms with Crippen LogP contribution >= 0.6 is 0 Å². The highest BCUT2D eigenvalue weighted by Crippen LogP contribution is 2.39. The average molecular weight is 463 g/mol. The van der Waals surface area contributed by atoms with Gasteiger partial charge in [0.2, 0.25) is 0 Å². The van der Waals surface area contributed by atoms with Gasteiger partial charge in [-0.25, -0.2) is 14.2 Å². The Morgan fingerprint density at radius 2 is 1.79 bits per heavy atom. The molecule has 174 valence electrons. The minimum absolute atomic E-state index is 0.120. The van der Waals surface area contributed by atoms with Crippen LogP contribution < -0.4 is 0 Å². The molecule has 0 saturated heterocycles. The van der Waals surface area contributed by atoms with E-state index in [0.717, 1.165) is 47.4 Å². The first-order valence-corrected chi connectivity index (χ1v) is 10.5. The van der Waals surface area contributed by atoms with Crippen LogP contribution in [0.2, 0.25) is 0 Å². The lowest BCUT2D eigenvalue weighted by Crippen LogP contribution is -2.31. The molecule has 33 heavy (non-hydrogen) atoms. The van der Waals surface area contributed by atoms with Gasteiger partial charge in [-0.1, -0.05) is 35.8 Å². The van der Waals surface area contributed by atoms with Gasteiger partial charge in [0, 0.05) is 12.0 Å². The van der Waals surface area contributed by atoms with Crippen molar-refractivity contribution in [3.63, 3.8) is 0 Å². The lowest BCUT2D eigenvalue weighted by atomic mass is 9.81. The van der Waals surface area contributed by atoms with E-state index < -0.39 is 12.1 Å². The average Bonchev–Trinajstić information content (AvgIpc) is 3.38. The zero-order valence-electron chi connectivity index (χ0n) is 17.5. The standard InChI is InChI=1S/C21H20FN3O.C2HF3O2/c22-16-7-3-2-6-15(16)14-8-9-17-18(12-14)24-20(23-17)19-13-21(26-25-19)10-4-1-5-11-21;3-2(4,5)1(6)7/h2-3,6-9,12H,1,4-5,10-11,13H2,(H,23,24);(H,6,7). The number of aromatic amines is 1. The van der Waals surface area contributed by atoms with E-state index in [0.29, 0.717) is 5.56 Å². The van der Waals surface area contributed by atoms with Crippen LogP contribution in [0.4, 0.5) is 17.6 Å². The first kappa shape index (κ1) is 22.8. The molecule has 0 radical (unpaired) electrons. The van der Waals surface area contributed by atoms with Crippen molar-refractivity contribution in [3.8, 4) is 11.1 Å². The van der Waals surface area contributed by atoms with Crippen molar-refractivity contribution in [3.05, 3.63) is 54.1 Å². The second-order valence-electron chi connectivity index (χ2n) is 8.15. The maximum atomic E-state index is 14.1. The molecule has 6 nitrogen and oxygen atoms in total. The Labute approximate surface area is 186 Å². The summed E-state index contributed by atoms with van der Waals surface area (Å²) in [6.45, 7) is 0. The van der Waals surface area contributed by atoms with Crippen LogP contribution in [0.25, 0.3) is 22.2 Å². The van der Waals surface area contributed by atoms with Gasteiger partial charge in [-0.05, 0) is 49.4 Å². The number of nitrogens with one attached hydrogen (secondary N) is 1. The number of rotatable bonds is 2. The summed E-state index contributed by atoms with van der Waals surface area (Å²) in [6, 6.07) is 12.6. The monoisotopic (exact) mass is 463 g/mol. The summed E-state index contributed by atoms with van der Waals surface area (Å²) in [5.74, 6) is -2.23. The number of nitrogens with zero attached hydrogens (tertiary/aromatic N) is 2. The third-order valence-corrected chi connectivity index (χ3v) is 5.79. The summed E-state index contributed by atoms with van der Waals surface area (Å²) in [4.78, 5) is 22.8. The molecule has 2 heterocycles. The van der Waals surface area contributed by atoms with Gasteiger partial charge in [0.1, 0.15) is 17.1 Å². The molecule has 2 N–H and O–H groups in total. The minimum atomic E-state index is -5.08. The van der Waals surface area contributed by atoms with Crippen molar-refractivity contribution in [1.29, 1.82) is 0 Å². The smallest absolute Gasteiger partial charge is 0.475 e. The molecule has 1 fully saturated rings. The van der Waals surface area contributed by atoms with Gasteiger partial charge in [0.25, 0.3) is 0 Å². The summed E-state index contributed by atoms with van der Waals surface area (Å²) in [7, 11) is 0. The molecule has 0 atom stereocenters. The maximum Gasteiger partial charge on any atom is 0.490 e. The number of aromatic nitrogens is 2. The highest BCUT2D eigenvalue weighted by atomic mass is 19.4. The van der Waals surface area contributed by atoms with Gasteiger partial charge in [-0.15, -0.1) is 0 Å². The summed E-state index contributed by atoms with van der Waals surface area (Å²) in [5, 5.41) is 11.5. The van der Waals surface area contributed by atoms with Crippen LogP contribution in [0.5, 0.6) is 0 Å². The topological polar surface area (TPSA) is 87.6 Å². The maximum absolute atomic E-state index is 14.1. The van der Waals surface area contributed by atoms with Crippen molar-refractivity contribution in [1.82, 2.24) is 9.97 Å². The number of carbonyl (C=O) groups is 1. The number of alkyl halides is 3. The van der Waals surface area contributed by atoms with E-state index in [1.165, 1.54) is 25.3 Å². The number of H-pyrrole nitrogens is 1.